The SMILES string of the molecule is CCCCN(/C=N\c1nnnc2c1ncn2[C@H]1C[C@H](O)[C@@H](CO)O1)CCCC. The van der Waals surface area contributed by atoms with Gasteiger partial charge in [-0.15, -0.1) is 10.2 Å². The Balaban J connectivity index is 1.80. The minimum absolute atomic E-state index is 0.238. The van der Waals surface area contributed by atoms with Crippen LogP contribution in [0.25, 0.3) is 11.2 Å². The molecule has 2 aromatic heterocycles. The van der Waals surface area contributed by atoms with Gasteiger partial charge in [0.05, 0.1) is 25.4 Å². The van der Waals surface area contributed by atoms with Gasteiger partial charge >= 0.3 is 0 Å². The molecule has 2 N–H and O–H groups in total. The molecule has 3 heterocycles. The number of hydrogen-bond donors (Lipinski definition) is 2. The van der Waals surface area contributed by atoms with Crippen molar-refractivity contribution in [1.82, 2.24) is 29.9 Å². The number of nitrogens with zero attached hydrogens (tertiary/aromatic N) is 7. The van der Waals surface area contributed by atoms with Gasteiger partial charge in [-0.2, -0.15) is 0 Å². The number of aliphatic hydroxyl groups excluding tert-OH is 2. The average molecular weight is 391 g/mol. The van der Waals surface area contributed by atoms with Crippen molar-refractivity contribution in [3.63, 3.8) is 0 Å². The molecular weight excluding hydrogens is 362 g/mol. The van der Waals surface area contributed by atoms with Gasteiger partial charge in [0.2, 0.25) is 5.82 Å². The van der Waals surface area contributed by atoms with Crippen LogP contribution < -0.4 is 0 Å². The third-order valence-corrected chi connectivity index (χ3v) is 4.89. The number of aliphatic imine (C=N–C) groups is 1. The molecule has 0 aromatic carbocycles. The number of hydrogen-bond acceptors (Lipinski definition) is 8. The summed E-state index contributed by atoms with van der Waals surface area (Å²) in [4.78, 5) is 11.1. The third kappa shape index (κ3) is 4.62. The number of aliphatic hydroxyl groups is 2. The molecule has 0 saturated carbocycles. The molecule has 1 fully saturated rings. The van der Waals surface area contributed by atoms with Gasteiger partial charge in [-0.3, -0.25) is 4.57 Å². The van der Waals surface area contributed by atoms with E-state index in [1.165, 1.54) is 0 Å². The largest absolute Gasteiger partial charge is 0.394 e. The molecule has 0 amide bonds. The summed E-state index contributed by atoms with van der Waals surface area (Å²) in [6.07, 6.45) is 6.41. The van der Waals surface area contributed by atoms with E-state index in [-0.39, 0.29) is 6.61 Å². The average Bonchev–Trinajstić information content (AvgIpc) is 3.30. The predicted molar refractivity (Wildman–Crippen MR) is 104 cm³/mol. The molecule has 0 radical (unpaired) electrons. The normalized spacial score (nSPS) is 22.5. The van der Waals surface area contributed by atoms with Crippen LogP contribution in [0.5, 0.6) is 0 Å². The highest BCUT2D eigenvalue weighted by molar-refractivity contribution is 5.82. The highest BCUT2D eigenvalue weighted by Crippen LogP contribution is 2.31. The van der Waals surface area contributed by atoms with Gasteiger partial charge < -0.3 is 19.8 Å². The summed E-state index contributed by atoms with van der Waals surface area (Å²) in [6.45, 7) is 6.00. The van der Waals surface area contributed by atoms with Crippen LogP contribution in [0.15, 0.2) is 11.3 Å². The van der Waals surface area contributed by atoms with Gasteiger partial charge in [0.25, 0.3) is 0 Å². The molecule has 0 unspecified atom stereocenters. The van der Waals surface area contributed by atoms with E-state index < -0.39 is 18.4 Å². The van der Waals surface area contributed by atoms with Crippen LogP contribution in [0.2, 0.25) is 0 Å². The highest BCUT2D eigenvalue weighted by atomic mass is 16.5. The smallest absolute Gasteiger partial charge is 0.207 e. The van der Waals surface area contributed by atoms with E-state index in [1.807, 2.05) is 6.34 Å². The van der Waals surface area contributed by atoms with Gasteiger partial charge in [0.1, 0.15) is 12.3 Å². The predicted octanol–water partition coefficient (Wildman–Crippen LogP) is 1.42. The van der Waals surface area contributed by atoms with Crippen molar-refractivity contribution in [3.05, 3.63) is 6.33 Å². The Morgan fingerprint density at radius 3 is 2.68 bits per heavy atom. The molecule has 0 spiro atoms. The molecule has 1 aliphatic heterocycles. The van der Waals surface area contributed by atoms with Crippen molar-refractivity contribution in [2.24, 2.45) is 4.99 Å². The molecule has 10 nitrogen and oxygen atoms in total. The standard InChI is InChI=1S/C18H29N7O3/c1-3-5-7-24(8-6-4-2)11-20-17-16-18(22-23-21-17)25(12-19-16)15-9-13(27)14(10-26)28-15/h11-15,26-27H,3-10H2,1-2H3/b20-11-/t13-,14+,15+/m0/s1. The van der Waals surface area contributed by atoms with Crippen LogP contribution in [-0.4, -0.2) is 78.3 Å². The summed E-state index contributed by atoms with van der Waals surface area (Å²) in [5.41, 5.74) is 1.02. The van der Waals surface area contributed by atoms with Crippen LogP contribution in [0.3, 0.4) is 0 Å². The monoisotopic (exact) mass is 391 g/mol. The summed E-state index contributed by atoms with van der Waals surface area (Å²) in [6, 6.07) is 0. The summed E-state index contributed by atoms with van der Waals surface area (Å²) < 4.78 is 7.39. The van der Waals surface area contributed by atoms with Crippen LogP contribution in [0, 0.1) is 0 Å². The van der Waals surface area contributed by atoms with Crippen molar-refractivity contribution in [3.8, 4) is 0 Å². The van der Waals surface area contributed by atoms with Crippen LogP contribution in [-0.2, 0) is 4.74 Å². The second-order valence-electron chi connectivity index (χ2n) is 7.04. The molecular formula is C18H29N7O3. The lowest BCUT2D eigenvalue weighted by Crippen LogP contribution is -2.24. The Labute approximate surface area is 164 Å². The Bertz CT molecular complexity index is 774. The maximum Gasteiger partial charge on any atom is 0.207 e. The molecule has 3 rings (SSSR count). The van der Waals surface area contributed by atoms with Crippen LogP contribution in [0.1, 0.15) is 52.2 Å². The minimum atomic E-state index is -0.731. The lowest BCUT2D eigenvalue weighted by atomic mass is 10.2. The van der Waals surface area contributed by atoms with Gasteiger partial charge in [-0.05, 0) is 18.1 Å². The molecule has 1 saturated heterocycles. The van der Waals surface area contributed by atoms with E-state index >= 15 is 0 Å². The number of aromatic nitrogens is 5. The lowest BCUT2D eigenvalue weighted by Gasteiger charge is -2.18. The van der Waals surface area contributed by atoms with E-state index in [4.69, 9.17) is 4.74 Å². The molecule has 2 aromatic rings. The second kappa shape index (κ2) is 9.85. The van der Waals surface area contributed by atoms with Crippen molar-refractivity contribution in [2.45, 2.75) is 64.4 Å². The van der Waals surface area contributed by atoms with E-state index in [1.54, 1.807) is 10.9 Å². The zero-order valence-electron chi connectivity index (χ0n) is 16.5. The molecule has 154 valence electrons. The summed E-state index contributed by atoms with van der Waals surface area (Å²) in [5.74, 6) is 0.402. The topological polar surface area (TPSA) is 122 Å². The Kier molecular flexibility index (Phi) is 7.24. The fraction of sp³-hybridized carbons (Fsp3) is 0.722. The number of fused-ring (bicyclic) bond motifs is 1. The van der Waals surface area contributed by atoms with E-state index in [9.17, 15) is 10.2 Å². The maximum atomic E-state index is 9.98. The van der Waals surface area contributed by atoms with Crippen molar-refractivity contribution in [2.75, 3.05) is 19.7 Å². The van der Waals surface area contributed by atoms with Crippen molar-refractivity contribution < 1.29 is 14.9 Å². The van der Waals surface area contributed by atoms with Crippen molar-refractivity contribution >= 4 is 23.3 Å². The Hall–Kier alpha value is -2.17. The first-order valence-corrected chi connectivity index (χ1v) is 9.96. The molecule has 10 heteroatoms. The van der Waals surface area contributed by atoms with Gasteiger partial charge in [0.15, 0.2) is 11.2 Å². The first kappa shape index (κ1) is 20.6. The number of unbranched alkanes of at least 4 members (excludes halogenated alkanes) is 2. The van der Waals surface area contributed by atoms with E-state index in [0.717, 1.165) is 38.8 Å². The maximum absolute atomic E-state index is 9.98. The quantitative estimate of drug-likeness (QED) is 0.461. The number of ether oxygens (including phenoxy) is 1. The molecule has 28 heavy (non-hydrogen) atoms. The fourth-order valence-electron chi connectivity index (χ4n) is 3.20. The Morgan fingerprint density at radius 1 is 1.29 bits per heavy atom. The molecule has 1 aliphatic rings. The zero-order chi connectivity index (χ0) is 19.9. The minimum Gasteiger partial charge on any atom is -0.394 e. The lowest BCUT2D eigenvalue weighted by molar-refractivity contribution is -0.0432. The molecule has 0 bridgehead atoms. The fourth-order valence-corrected chi connectivity index (χ4v) is 3.20. The number of imidazole rings is 1. The second-order valence-corrected chi connectivity index (χ2v) is 7.04. The third-order valence-electron chi connectivity index (χ3n) is 4.89. The zero-order valence-corrected chi connectivity index (χ0v) is 16.5. The summed E-state index contributed by atoms with van der Waals surface area (Å²) in [7, 11) is 0. The van der Waals surface area contributed by atoms with Gasteiger partial charge in [-0.25, -0.2) is 9.98 Å². The van der Waals surface area contributed by atoms with Crippen molar-refractivity contribution in [1.29, 1.82) is 0 Å². The van der Waals surface area contributed by atoms with Crippen LogP contribution >= 0.6 is 0 Å². The molecule has 3 atom stereocenters. The first-order chi connectivity index (χ1) is 13.7. The van der Waals surface area contributed by atoms with Crippen LogP contribution in [0.4, 0.5) is 5.82 Å². The van der Waals surface area contributed by atoms with E-state index in [2.05, 4.69) is 44.1 Å². The highest BCUT2D eigenvalue weighted by Gasteiger charge is 2.35. The molecule has 0 aliphatic carbocycles. The number of rotatable bonds is 10. The van der Waals surface area contributed by atoms with Gasteiger partial charge in [-0.1, -0.05) is 26.7 Å². The Morgan fingerprint density at radius 2 is 2.04 bits per heavy atom. The van der Waals surface area contributed by atoms with E-state index in [0.29, 0.717) is 23.4 Å². The summed E-state index contributed by atoms with van der Waals surface area (Å²) in [5, 5.41) is 31.2. The first-order valence-electron chi connectivity index (χ1n) is 9.96. The summed E-state index contributed by atoms with van der Waals surface area (Å²) >= 11 is 0. The van der Waals surface area contributed by atoms with Gasteiger partial charge in [0, 0.05) is 19.5 Å².